The molecule has 0 bridgehead atoms. The molecule has 0 fully saturated rings. The molecule has 2 nitrogen and oxygen atoms in total. The highest BCUT2D eigenvalue weighted by atomic mass is 32.1. The first kappa shape index (κ1) is 14.3. The fourth-order valence-electron chi connectivity index (χ4n) is 1.68. The molecule has 2 N–H and O–H groups in total. The van der Waals surface area contributed by atoms with Gasteiger partial charge in [-0.05, 0) is 17.7 Å². The van der Waals surface area contributed by atoms with E-state index < -0.39 is 17.5 Å². The van der Waals surface area contributed by atoms with E-state index in [0.717, 1.165) is 18.2 Å². The Morgan fingerprint density at radius 3 is 2.25 bits per heavy atom. The van der Waals surface area contributed by atoms with E-state index in [0.29, 0.717) is 11.1 Å². The molecule has 20 heavy (non-hydrogen) atoms. The number of thiocarbonyl (C=S) groups is 1. The molecule has 0 saturated carbocycles. The zero-order chi connectivity index (χ0) is 14.7. The lowest BCUT2D eigenvalue weighted by atomic mass is 10.1. The number of rotatable bonds is 4. The highest BCUT2D eigenvalue weighted by Gasteiger charge is 2.08. The third kappa shape index (κ3) is 3.48. The normalized spacial score (nSPS) is 10.3. The van der Waals surface area contributed by atoms with E-state index in [-0.39, 0.29) is 17.3 Å². The van der Waals surface area contributed by atoms with Gasteiger partial charge in [-0.25, -0.2) is 13.2 Å². The van der Waals surface area contributed by atoms with Gasteiger partial charge in [-0.3, -0.25) is 0 Å². The molecular weight excluding hydrogens is 287 g/mol. The third-order valence-corrected chi connectivity index (χ3v) is 2.79. The van der Waals surface area contributed by atoms with E-state index in [9.17, 15) is 13.2 Å². The molecule has 2 aromatic carbocycles. The molecule has 2 aromatic rings. The monoisotopic (exact) mass is 297 g/mol. The number of ether oxygens (including phenoxy) is 1. The van der Waals surface area contributed by atoms with Crippen molar-refractivity contribution in [3.05, 3.63) is 65.0 Å². The first-order valence-electron chi connectivity index (χ1n) is 5.63. The molecule has 6 heteroatoms. The summed E-state index contributed by atoms with van der Waals surface area (Å²) in [5, 5.41) is 0. The van der Waals surface area contributed by atoms with Crippen molar-refractivity contribution in [2.24, 2.45) is 5.73 Å². The maximum Gasteiger partial charge on any atom is 0.129 e. The van der Waals surface area contributed by atoms with Crippen LogP contribution in [0.5, 0.6) is 5.75 Å². The second-order valence-corrected chi connectivity index (χ2v) is 4.50. The van der Waals surface area contributed by atoms with Crippen LogP contribution in [0.25, 0.3) is 0 Å². The predicted molar refractivity (Wildman–Crippen MR) is 73.0 cm³/mol. The Hall–Kier alpha value is -2.08. The van der Waals surface area contributed by atoms with Crippen molar-refractivity contribution < 1.29 is 17.9 Å². The minimum Gasteiger partial charge on any atom is -0.489 e. The Morgan fingerprint density at radius 1 is 1.00 bits per heavy atom. The smallest absolute Gasteiger partial charge is 0.129 e. The lowest BCUT2D eigenvalue weighted by Gasteiger charge is -2.10. The molecule has 0 aliphatic carbocycles. The van der Waals surface area contributed by atoms with Gasteiger partial charge in [0, 0.05) is 23.8 Å². The SMILES string of the molecule is NC(=S)c1cc(F)ccc1COc1cc(F)cc(F)c1. The van der Waals surface area contributed by atoms with Gasteiger partial charge in [0.25, 0.3) is 0 Å². The van der Waals surface area contributed by atoms with Crippen LogP contribution < -0.4 is 10.5 Å². The molecule has 2 rings (SSSR count). The summed E-state index contributed by atoms with van der Waals surface area (Å²) >= 11 is 4.82. The van der Waals surface area contributed by atoms with Crippen LogP contribution in [0, 0.1) is 17.5 Å². The van der Waals surface area contributed by atoms with Crippen LogP contribution in [0.3, 0.4) is 0 Å². The largest absolute Gasteiger partial charge is 0.489 e. The Bertz CT molecular complexity index is 641. The molecule has 0 unspecified atom stereocenters. The highest BCUT2D eigenvalue weighted by molar-refractivity contribution is 7.80. The summed E-state index contributed by atoms with van der Waals surface area (Å²) in [4.78, 5) is 0.0218. The molecule has 0 heterocycles. The Balaban J connectivity index is 2.20. The van der Waals surface area contributed by atoms with Crippen LogP contribution in [0.2, 0.25) is 0 Å². The van der Waals surface area contributed by atoms with Crippen molar-refractivity contribution in [3.63, 3.8) is 0 Å². The van der Waals surface area contributed by atoms with Gasteiger partial charge >= 0.3 is 0 Å². The van der Waals surface area contributed by atoms with Gasteiger partial charge in [0.15, 0.2) is 0 Å². The minimum absolute atomic E-state index is 0.0218. The maximum absolute atomic E-state index is 13.1. The van der Waals surface area contributed by atoms with E-state index in [1.54, 1.807) is 0 Å². The van der Waals surface area contributed by atoms with Crippen LogP contribution in [0.1, 0.15) is 11.1 Å². The first-order valence-corrected chi connectivity index (χ1v) is 6.03. The highest BCUT2D eigenvalue weighted by Crippen LogP contribution is 2.19. The molecule has 0 saturated heterocycles. The summed E-state index contributed by atoms with van der Waals surface area (Å²) in [6.07, 6.45) is 0. The molecule has 0 spiro atoms. The molecule has 0 aliphatic heterocycles. The van der Waals surface area contributed by atoms with Crippen LogP contribution in [-0.2, 0) is 6.61 Å². The number of hydrogen-bond donors (Lipinski definition) is 1. The predicted octanol–water partition coefficient (Wildman–Crippen LogP) is 3.32. The van der Waals surface area contributed by atoms with Gasteiger partial charge in [-0.1, -0.05) is 18.3 Å². The van der Waals surface area contributed by atoms with Gasteiger partial charge in [-0.2, -0.15) is 0 Å². The van der Waals surface area contributed by atoms with E-state index in [1.165, 1.54) is 18.2 Å². The van der Waals surface area contributed by atoms with Crippen molar-refractivity contribution >= 4 is 17.2 Å². The summed E-state index contributed by atoms with van der Waals surface area (Å²) in [5.41, 5.74) is 6.35. The molecule has 0 aromatic heterocycles. The van der Waals surface area contributed by atoms with E-state index in [2.05, 4.69) is 0 Å². The summed E-state index contributed by atoms with van der Waals surface area (Å²) in [5.74, 6) is -1.93. The maximum atomic E-state index is 13.1. The van der Waals surface area contributed by atoms with E-state index >= 15 is 0 Å². The fourth-order valence-corrected chi connectivity index (χ4v) is 1.87. The van der Waals surface area contributed by atoms with Crippen LogP contribution in [-0.4, -0.2) is 4.99 Å². The lowest BCUT2D eigenvalue weighted by molar-refractivity contribution is 0.302. The van der Waals surface area contributed by atoms with Crippen LogP contribution in [0.15, 0.2) is 36.4 Å². The second-order valence-electron chi connectivity index (χ2n) is 4.06. The van der Waals surface area contributed by atoms with E-state index in [4.69, 9.17) is 22.7 Å². The van der Waals surface area contributed by atoms with Gasteiger partial charge in [0.05, 0.1) is 0 Å². The zero-order valence-electron chi connectivity index (χ0n) is 10.2. The second kappa shape index (κ2) is 5.92. The Labute approximate surface area is 119 Å². The topological polar surface area (TPSA) is 35.2 Å². The number of halogens is 3. The van der Waals surface area contributed by atoms with Gasteiger partial charge in [0.1, 0.15) is 34.8 Å². The third-order valence-electron chi connectivity index (χ3n) is 2.57. The molecule has 0 amide bonds. The summed E-state index contributed by atoms with van der Waals surface area (Å²) in [6, 6.07) is 6.71. The Kier molecular flexibility index (Phi) is 4.24. The number of nitrogens with two attached hydrogens (primary N) is 1. The van der Waals surface area contributed by atoms with Crippen molar-refractivity contribution in [2.45, 2.75) is 6.61 Å². The van der Waals surface area contributed by atoms with Crippen molar-refractivity contribution in [3.8, 4) is 5.75 Å². The van der Waals surface area contributed by atoms with Crippen molar-refractivity contribution in [1.82, 2.24) is 0 Å². The average Bonchev–Trinajstić information content (AvgIpc) is 2.36. The number of hydrogen-bond acceptors (Lipinski definition) is 2. The average molecular weight is 297 g/mol. The Morgan fingerprint density at radius 2 is 1.65 bits per heavy atom. The minimum atomic E-state index is -0.742. The summed E-state index contributed by atoms with van der Waals surface area (Å²) < 4.78 is 44.4. The summed E-state index contributed by atoms with van der Waals surface area (Å²) in [6.45, 7) is -0.0319. The standard InChI is InChI=1S/C14H10F3NOS/c15-9-2-1-8(13(6-9)14(18)20)7-19-12-4-10(16)3-11(17)5-12/h1-6H,7H2,(H2,18,20). The van der Waals surface area contributed by atoms with Gasteiger partial charge in [0.2, 0.25) is 0 Å². The zero-order valence-corrected chi connectivity index (χ0v) is 11.0. The first-order chi connectivity index (χ1) is 9.45. The summed E-state index contributed by atoms with van der Waals surface area (Å²) in [7, 11) is 0. The van der Waals surface area contributed by atoms with E-state index in [1.807, 2.05) is 0 Å². The molecule has 0 radical (unpaired) electrons. The molecule has 0 atom stereocenters. The van der Waals surface area contributed by atoms with Gasteiger partial charge in [-0.15, -0.1) is 0 Å². The van der Waals surface area contributed by atoms with Crippen LogP contribution >= 0.6 is 12.2 Å². The quantitative estimate of drug-likeness (QED) is 0.879. The van der Waals surface area contributed by atoms with Crippen molar-refractivity contribution in [1.29, 1.82) is 0 Å². The van der Waals surface area contributed by atoms with Gasteiger partial charge < -0.3 is 10.5 Å². The number of benzene rings is 2. The molecular formula is C14H10F3NOS. The molecule has 104 valence electrons. The lowest BCUT2D eigenvalue weighted by Crippen LogP contribution is -2.14. The molecule has 0 aliphatic rings. The van der Waals surface area contributed by atoms with Crippen LogP contribution in [0.4, 0.5) is 13.2 Å². The van der Waals surface area contributed by atoms with Crippen molar-refractivity contribution in [2.75, 3.05) is 0 Å². The fraction of sp³-hybridized carbons (Fsp3) is 0.0714.